The number of aliphatic carboxylic acids is 1. The average Bonchev–Trinajstić information content (AvgIpc) is 3.32. The van der Waals surface area contributed by atoms with Gasteiger partial charge in [-0.05, 0) is 48.3 Å². The maximum absolute atomic E-state index is 13.7. The lowest BCUT2D eigenvalue weighted by molar-refractivity contribution is -0.136. The highest BCUT2D eigenvalue weighted by Crippen LogP contribution is 2.37. The van der Waals surface area contributed by atoms with Gasteiger partial charge in [0.15, 0.2) is 0 Å². The zero-order chi connectivity index (χ0) is 25.2. The molecule has 0 fully saturated rings. The highest BCUT2D eigenvalue weighted by atomic mass is 127. The Morgan fingerprint density at radius 1 is 1.46 bits per heavy atom. The molecule has 1 atom stereocenters. The Balaban J connectivity index is 2.30. The zero-order valence-corrected chi connectivity index (χ0v) is 16.9. The van der Waals surface area contributed by atoms with Crippen molar-refractivity contribution >= 4 is 50.4 Å². The van der Waals surface area contributed by atoms with Gasteiger partial charge in [-0.1, -0.05) is 29.5 Å². The van der Waals surface area contributed by atoms with Crippen LogP contribution in [0.4, 0.5) is 4.39 Å². The van der Waals surface area contributed by atoms with Crippen LogP contribution in [0.5, 0.6) is 0 Å². The van der Waals surface area contributed by atoms with E-state index in [1.807, 2.05) is 22.6 Å². The molecular weight excluding hydrogens is 472 g/mol. The van der Waals surface area contributed by atoms with Crippen molar-refractivity contribution in [2.75, 3.05) is 4.43 Å². The van der Waals surface area contributed by atoms with E-state index in [1.165, 1.54) is 28.8 Å². The average molecular weight is 497 g/mol. The fourth-order valence-corrected chi connectivity index (χ4v) is 3.61. The van der Waals surface area contributed by atoms with Crippen LogP contribution in [0.3, 0.4) is 0 Å². The Hall–Kier alpha value is -2.42. The summed E-state index contributed by atoms with van der Waals surface area (Å²) >= 11 is 1.99. The number of hydrogen-bond donors (Lipinski definition) is 2. The minimum Gasteiger partial charge on any atom is -0.481 e. The summed E-state index contributed by atoms with van der Waals surface area (Å²) in [5, 5.41) is 16.0. The summed E-state index contributed by atoms with van der Waals surface area (Å²) < 4.78 is 66.4. The summed E-state index contributed by atoms with van der Waals surface area (Å²) in [5.41, 5.74) is 0.844. The van der Waals surface area contributed by atoms with Gasteiger partial charge in [-0.25, -0.2) is 4.39 Å². The smallest absolute Gasteiger partial charge is 0.303 e. The maximum atomic E-state index is 13.7. The van der Waals surface area contributed by atoms with E-state index in [0.717, 1.165) is 0 Å². The third-order valence-electron chi connectivity index (χ3n) is 4.46. The van der Waals surface area contributed by atoms with Gasteiger partial charge < -0.3 is 9.67 Å². The number of benzene rings is 2. The first-order valence-electron chi connectivity index (χ1n) is 11.4. The Morgan fingerprint density at radius 3 is 2.89 bits per heavy atom. The van der Waals surface area contributed by atoms with Crippen LogP contribution in [0.2, 0.25) is 0 Å². The first kappa shape index (κ1) is 12.9. The summed E-state index contributed by atoms with van der Waals surface area (Å²) in [7, 11) is 0. The number of carbonyl (C=O) groups is 1. The molecule has 1 unspecified atom stereocenters. The molecule has 0 saturated carbocycles. The van der Waals surface area contributed by atoms with E-state index in [2.05, 4.69) is 10.2 Å². The number of carboxylic acid groups (broad SMARTS) is 1. The first-order chi connectivity index (χ1) is 15.8. The van der Waals surface area contributed by atoms with Crippen LogP contribution in [0, 0.1) is 5.82 Å². The van der Waals surface area contributed by atoms with Crippen LogP contribution in [0.15, 0.2) is 42.5 Å². The number of carboxylic acids is 1. The molecule has 0 saturated heterocycles. The molecule has 2 aromatic heterocycles. The second kappa shape index (κ2) is 7.54. The second-order valence-electron chi connectivity index (χ2n) is 6.27. The Morgan fingerprint density at radius 2 is 2.21 bits per heavy atom. The maximum Gasteiger partial charge on any atom is 0.303 e. The molecule has 0 bridgehead atoms. The molecule has 4 rings (SSSR count). The molecule has 2 heterocycles. The number of fused-ring (bicyclic) bond motifs is 2. The van der Waals surface area contributed by atoms with Crippen molar-refractivity contribution in [1.82, 2.24) is 14.8 Å². The lowest BCUT2D eigenvalue weighted by atomic mass is 9.99. The molecular formula is C21H19FIN3O2. The molecule has 28 heavy (non-hydrogen) atoms. The van der Waals surface area contributed by atoms with Gasteiger partial charge in [0.25, 0.3) is 0 Å². The van der Waals surface area contributed by atoms with Gasteiger partial charge in [-0.3, -0.25) is 9.89 Å². The van der Waals surface area contributed by atoms with Gasteiger partial charge in [0, 0.05) is 43.0 Å². The van der Waals surface area contributed by atoms with Gasteiger partial charge in [0.1, 0.15) is 5.82 Å². The third kappa shape index (κ3) is 3.28. The van der Waals surface area contributed by atoms with Crippen molar-refractivity contribution in [3.8, 4) is 5.69 Å². The van der Waals surface area contributed by atoms with Gasteiger partial charge in [0.2, 0.25) is 0 Å². The Labute approximate surface area is 183 Å². The van der Waals surface area contributed by atoms with Gasteiger partial charge in [-0.15, -0.1) is 0 Å². The number of nitrogens with one attached hydrogen (secondary N) is 1. The van der Waals surface area contributed by atoms with Gasteiger partial charge >= 0.3 is 5.97 Å². The molecule has 2 aromatic carbocycles. The SMILES string of the molecule is [2H]c1n[nH]c2c([2H])c3c(CC([2H])([2H])C(=O)O)c(C([2H])(C)CI)n(-c4ccc(F)cc4)c3c([2H])c12. The van der Waals surface area contributed by atoms with Crippen molar-refractivity contribution in [3.63, 3.8) is 0 Å². The van der Waals surface area contributed by atoms with E-state index in [9.17, 15) is 14.3 Å². The van der Waals surface area contributed by atoms with E-state index in [4.69, 9.17) is 8.22 Å². The molecule has 0 radical (unpaired) electrons. The summed E-state index contributed by atoms with van der Waals surface area (Å²) in [6.07, 6.45) is -3.64. The largest absolute Gasteiger partial charge is 0.481 e. The standard InChI is InChI=1S/C21H19FIN3O2/c1-12(10-23)21-16(6-7-20(27)28)17-9-18-13(11-24-25-18)8-19(17)26(21)15-4-2-14(22)3-5-15/h2-5,8-9,11-12H,6-7,10H2,1H3,(H,24,25)(H,27,28)/i7D2,8D,9D,11D,12D. The molecule has 0 aliphatic carbocycles. The third-order valence-corrected chi connectivity index (χ3v) is 5.60. The van der Waals surface area contributed by atoms with Crippen molar-refractivity contribution in [2.24, 2.45) is 0 Å². The number of alkyl halides is 1. The van der Waals surface area contributed by atoms with Crippen molar-refractivity contribution in [1.29, 1.82) is 0 Å². The Bertz CT molecular complexity index is 1450. The number of aromatic amines is 1. The van der Waals surface area contributed by atoms with Crippen LogP contribution >= 0.6 is 22.6 Å². The van der Waals surface area contributed by atoms with E-state index < -0.39 is 30.5 Å². The first-order valence-corrected chi connectivity index (χ1v) is 9.91. The molecule has 0 amide bonds. The summed E-state index contributed by atoms with van der Waals surface area (Å²) in [4.78, 5) is 11.7. The number of aromatic nitrogens is 3. The van der Waals surface area contributed by atoms with E-state index >= 15 is 0 Å². The number of halogens is 2. The number of aryl methyl sites for hydroxylation is 1. The molecule has 0 spiro atoms. The number of nitrogens with zero attached hydrogens (tertiary/aromatic N) is 2. The molecule has 7 heteroatoms. The highest BCUT2D eigenvalue weighted by molar-refractivity contribution is 14.1. The predicted octanol–water partition coefficient (Wildman–Crippen LogP) is 5.20. The quantitative estimate of drug-likeness (QED) is 0.284. The monoisotopic (exact) mass is 497 g/mol. The topological polar surface area (TPSA) is 70.9 Å². The van der Waals surface area contributed by atoms with Crippen LogP contribution in [-0.4, -0.2) is 30.3 Å². The fraction of sp³-hybridized carbons (Fsp3) is 0.238. The number of hydrogen-bond acceptors (Lipinski definition) is 2. The molecule has 0 aliphatic heterocycles. The van der Waals surface area contributed by atoms with Crippen LogP contribution in [0.25, 0.3) is 27.5 Å². The van der Waals surface area contributed by atoms with Gasteiger partial charge in [0.05, 0.1) is 21.3 Å². The number of rotatable bonds is 6. The summed E-state index contributed by atoms with van der Waals surface area (Å²) in [6, 6.07) is 4.89. The number of H-pyrrole nitrogens is 1. The minimum atomic E-state index is -2.73. The van der Waals surface area contributed by atoms with Gasteiger partial charge in [-0.2, -0.15) is 5.10 Å². The van der Waals surface area contributed by atoms with Crippen molar-refractivity contribution in [2.45, 2.75) is 25.6 Å². The van der Waals surface area contributed by atoms with Crippen LogP contribution < -0.4 is 0 Å². The molecule has 4 aromatic rings. The molecule has 144 valence electrons. The summed E-state index contributed by atoms with van der Waals surface area (Å²) in [5.74, 6) is -3.60. The fourth-order valence-electron chi connectivity index (χ4n) is 3.25. The van der Waals surface area contributed by atoms with Crippen LogP contribution in [0.1, 0.15) is 38.7 Å². The lowest BCUT2D eigenvalue weighted by Crippen LogP contribution is -2.08. The molecule has 2 N–H and O–H groups in total. The van der Waals surface area contributed by atoms with E-state index in [1.54, 1.807) is 6.92 Å². The lowest BCUT2D eigenvalue weighted by Gasteiger charge is -2.17. The molecule has 0 aliphatic rings. The van der Waals surface area contributed by atoms with Crippen molar-refractivity contribution in [3.05, 3.63) is 59.6 Å². The van der Waals surface area contributed by atoms with E-state index in [-0.39, 0.29) is 55.7 Å². The highest BCUT2D eigenvalue weighted by Gasteiger charge is 2.23. The molecule has 5 nitrogen and oxygen atoms in total. The minimum absolute atomic E-state index is 0.0684. The predicted molar refractivity (Wildman–Crippen MR) is 116 cm³/mol. The van der Waals surface area contributed by atoms with Crippen LogP contribution in [-0.2, 0) is 11.2 Å². The summed E-state index contributed by atoms with van der Waals surface area (Å²) in [6.45, 7) is 1.57. The van der Waals surface area contributed by atoms with Crippen molar-refractivity contribution < 1.29 is 22.5 Å². The Kier molecular flexibility index (Phi) is 3.48. The zero-order valence-electron chi connectivity index (χ0n) is 20.7. The van der Waals surface area contributed by atoms with E-state index in [0.29, 0.717) is 5.69 Å². The second-order valence-corrected chi connectivity index (χ2v) is 7.03. The normalized spacial score (nSPS) is 17.4.